The van der Waals surface area contributed by atoms with Crippen molar-refractivity contribution in [3.63, 3.8) is 0 Å². The lowest BCUT2D eigenvalue weighted by Crippen LogP contribution is -2.46. The molecule has 0 aliphatic carbocycles. The van der Waals surface area contributed by atoms with Crippen molar-refractivity contribution >= 4 is 20.7 Å². The predicted molar refractivity (Wildman–Crippen MR) is 111 cm³/mol. The van der Waals surface area contributed by atoms with Gasteiger partial charge in [-0.3, -0.25) is 4.79 Å². The van der Waals surface area contributed by atoms with Gasteiger partial charge in [0.05, 0.1) is 19.3 Å². The number of likely N-dealkylation sites (N-methyl/N-ethyl adjacent to an activating group) is 1. The van der Waals surface area contributed by atoms with E-state index in [0.29, 0.717) is 12.6 Å². The number of fused-ring (bicyclic) bond motifs is 1. The molecule has 0 fully saturated rings. The van der Waals surface area contributed by atoms with Crippen molar-refractivity contribution in [2.24, 2.45) is 0 Å². The molecule has 26 heavy (non-hydrogen) atoms. The van der Waals surface area contributed by atoms with Crippen LogP contribution in [-0.2, 0) is 19.4 Å². The second kappa shape index (κ2) is 8.57. The third kappa shape index (κ3) is 4.89. The Morgan fingerprint density at radius 1 is 1.27 bits per heavy atom. The summed E-state index contributed by atoms with van der Waals surface area (Å²) in [5.74, 6) is 0.0141. The zero-order valence-corrected chi connectivity index (χ0v) is 18.6. The molecule has 0 radical (unpaired) electrons. The highest BCUT2D eigenvalue weighted by molar-refractivity contribution is 6.48. The highest BCUT2D eigenvalue weighted by atomic mass is 28.3. The average molecular weight is 378 g/mol. The Kier molecular flexibility index (Phi) is 6.91. The fraction of sp³-hybridized carbons (Fsp3) is 0.667. The van der Waals surface area contributed by atoms with Crippen LogP contribution >= 0.6 is 0 Å². The van der Waals surface area contributed by atoms with Crippen molar-refractivity contribution in [3.8, 4) is 0 Å². The van der Waals surface area contributed by atoms with Crippen molar-refractivity contribution in [1.82, 2.24) is 0 Å². The molecule has 2 rings (SSSR count). The molecule has 1 aromatic rings. The molecule has 1 aliphatic heterocycles. The van der Waals surface area contributed by atoms with Crippen LogP contribution in [0.25, 0.3) is 0 Å². The molecule has 0 saturated carbocycles. The summed E-state index contributed by atoms with van der Waals surface area (Å²) in [4.78, 5) is 13.9. The number of hydrogen-bond acceptors (Lipinski definition) is 4. The summed E-state index contributed by atoms with van der Waals surface area (Å²) in [7, 11) is -1.08. The van der Waals surface area contributed by atoms with Gasteiger partial charge in [-0.1, -0.05) is 39.0 Å². The molecule has 5 heteroatoms. The van der Waals surface area contributed by atoms with Gasteiger partial charge in [-0.05, 0) is 43.0 Å². The maximum Gasteiger partial charge on any atom is 0.302 e. The summed E-state index contributed by atoms with van der Waals surface area (Å²) < 4.78 is 11.5. The summed E-state index contributed by atoms with van der Waals surface area (Å²) in [6.45, 7) is 17.1. The topological polar surface area (TPSA) is 38.8 Å². The van der Waals surface area contributed by atoms with Crippen LogP contribution in [0.15, 0.2) is 18.2 Å². The van der Waals surface area contributed by atoms with Gasteiger partial charge in [-0.2, -0.15) is 0 Å². The minimum absolute atomic E-state index is 0.0558. The molecule has 146 valence electrons. The Balaban J connectivity index is 2.47. The van der Waals surface area contributed by atoms with Crippen LogP contribution in [0.4, 0.5) is 5.69 Å². The molecule has 0 spiro atoms. The van der Waals surface area contributed by atoms with Crippen LogP contribution < -0.4 is 4.90 Å². The van der Waals surface area contributed by atoms with E-state index in [-0.39, 0.29) is 17.3 Å². The quantitative estimate of drug-likeness (QED) is 0.549. The largest absolute Gasteiger partial charge is 0.465 e. The van der Waals surface area contributed by atoms with E-state index in [1.165, 1.54) is 23.7 Å². The smallest absolute Gasteiger partial charge is 0.302 e. The Morgan fingerprint density at radius 2 is 1.96 bits per heavy atom. The average Bonchev–Trinajstić information content (AvgIpc) is 2.55. The number of ether oxygens (including phenoxy) is 1. The lowest BCUT2D eigenvalue weighted by atomic mass is 9.78. The summed E-state index contributed by atoms with van der Waals surface area (Å²) in [5, 5.41) is 0. The molecular weight excluding hydrogens is 342 g/mol. The van der Waals surface area contributed by atoms with E-state index in [2.05, 4.69) is 63.9 Å². The second-order valence-electron chi connectivity index (χ2n) is 8.55. The molecule has 0 aromatic heterocycles. The number of anilines is 1. The molecule has 0 amide bonds. The Labute approximate surface area is 160 Å². The van der Waals surface area contributed by atoms with Crippen molar-refractivity contribution < 1.29 is 14.0 Å². The summed E-state index contributed by atoms with van der Waals surface area (Å²) in [6.07, 6.45) is 0.961. The Hall–Kier alpha value is -1.33. The molecule has 4 nitrogen and oxygen atoms in total. The minimum atomic E-state index is -1.08. The normalized spacial score (nSPS) is 20.2. The highest BCUT2D eigenvalue weighted by Crippen LogP contribution is 2.44. The Bertz CT molecular complexity index is 624. The number of para-hydroxylation sites is 1. The van der Waals surface area contributed by atoms with Gasteiger partial charge in [0.1, 0.15) is 0 Å². The number of nitrogens with zero attached hydrogens (tertiary/aromatic N) is 1. The van der Waals surface area contributed by atoms with E-state index in [1.54, 1.807) is 0 Å². The fourth-order valence-electron chi connectivity index (χ4n) is 3.84. The zero-order chi connectivity index (χ0) is 19.5. The monoisotopic (exact) mass is 377 g/mol. The van der Waals surface area contributed by atoms with Crippen LogP contribution in [0.1, 0.15) is 58.1 Å². The number of carbonyl (C=O) groups is 1. The van der Waals surface area contributed by atoms with Gasteiger partial charge < -0.3 is 14.1 Å². The fourth-order valence-corrected chi connectivity index (χ4v) is 4.44. The summed E-state index contributed by atoms with van der Waals surface area (Å²) in [6, 6.07) is 6.92. The summed E-state index contributed by atoms with van der Waals surface area (Å²) >= 11 is 0. The van der Waals surface area contributed by atoms with Crippen LogP contribution in [-0.4, -0.2) is 40.8 Å². The number of rotatable bonds is 6. The molecule has 0 N–H and O–H groups in total. The minimum Gasteiger partial charge on any atom is -0.465 e. The molecule has 0 bridgehead atoms. The van der Waals surface area contributed by atoms with Crippen LogP contribution in [0.3, 0.4) is 0 Å². The van der Waals surface area contributed by atoms with Gasteiger partial charge >= 0.3 is 5.97 Å². The van der Waals surface area contributed by atoms with Crippen molar-refractivity contribution in [1.29, 1.82) is 0 Å². The van der Waals surface area contributed by atoms with Crippen molar-refractivity contribution in [3.05, 3.63) is 29.3 Å². The zero-order valence-electron chi connectivity index (χ0n) is 17.5. The first kappa shape index (κ1) is 21.0. The number of carbonyl (C=O) groups excluding carboxylic acids is 1. The first-order valence-electron chi connectivity index (χ1n) is 9.80. The van der Waals surface area contributed by atoms with E-state index in [0.717, 1.165) is 19.6 Å². The van der Waals surface area contributed by atoms with Gasteiger partial charge in [0.2, 0.25) is 0 Å². The molecule has 1 aromatic carbocycles. The van der Waals surface area contributed by atoms with E-state index in [9.17, 15) is 4.79 Å². The highest BCUT2D eigenvalue weighted by Gasteiger charge is 2.36. The lowest BCUT2D eigenvalue weighted by Gasteiger charge is -2.44. The third-order valence-corrected chi connectivity index (χ3v) is 5.91. The van der Waals surface area contributed by atoms with Crippen LogP contribution in [0, 0.1) is 0 Å². The maximum atomic E-state index is 11.4. The number of benzene rings is 1. The third-order valence-electron chi connectivity index (χ3n) is 5.05. The molecule has 1 aliphatic rings. The van der Waals surface area contributed by atoms with Crippen LogP contribution in [0.5, 0.6) is 0 Å². The first-order valence-corrected chi connectivity index (χ1v) is 12.6. The molecule has 2 atom stereocenters. The molecule has 2 unspecified atom stereocenters. The van der Waals surface area contributed by atoms with Crippen molar-refractivity contribution in [2.45, 2.75) is 71.5 Å². The lowest BCUT2D eigenvalue weighted by molar-refractivity contribution is -0.141. The predicted octanol–water partition coefficient (Wildman–Crippen LogP) is 4.23. The Morgan fingerprint density at radius 3 is 2.50 bits per heavy atom. The molecule has 0 saturated heterocycles. The SMILES string of the molecule is CCN1c2c(cccc2C(C)(C)C)C(COC(C)=O)CC1CO[SiH](C)C. The van der Waals surface area contributed by atoms with Crippen molar-refractivity contribution in [2.75, 3.05) is 24.7 Å². The standard InChI is InChI=1S/C21H35NO3Si/c1-8-22-17(14-25-26(6)7)12-16(13-24-15(2)23)18-10-9-11-19(20(18)22)21(3,4)5/h9-11,16-17,26H,8,12-14H2,1-7H3. The maximum absolute atomic E-state index is 11.4. The van der Waals surface area contributed by atoms with Gasteiger partial charge in [0.15, 0.2) is 9.04 Å². The van der Waals surface area contributed by atoms with Gasteiger partial charge in [0.25, 0.3) is 0 Å². The number of esters is 1. The van der Waals surface area contributed by atoms with E-state index in [1.807, 2.05) is 0 Å². The van der Waals surface area contributed by atoms with Crippen LogP contribution in [0.2, 0.25) is 13.1 Å². The summed E-state index contributed by atoms with van der Waals surface area (Å²) in [5.41, 5.74) is 4.04. The first-order chi connectivity index (χ1) is 12.1. The van der Waals surface area contributed by atoms with Gasteiger partial charge in [-0.15, -0.1) is 0 Å². The van der Waals surface area contributed by atoms with E-state index >= 15 is 0 Å². The molecule has 1 heterocycles. The molecular formula is C21H35NO3Si. The van der Waals surface area contributed by atoms with E-state index in [4.69, 9.17) is 9.16 Å². The van der Waals surface area contributed by atoms with Gasteiger partial charge in [-0.25, -0.2) is 0 Å². The van der Waals surface area contributed by atoms with E-state index < -0.39 is 9.04 Å². The van der Waals surface area contributed by atoms with Gasteiger partial charge in [0, 0.05) is 25.1 Å². The second-order valence-corrected chi connectivity index (χ2v) is 11.0. The number of hydrogen-bond donors (Lipinski definition) is 0.